The van der Waals surface area contributed by atoms with Crippen LogP contribution < -0.4 is 21.7 Å². The van der Waals surface area contributed by atoms with E-state index in [2.05, 4.69) is 10.4 Å². The average molecular weight is 304 g/mol. The molecule has 6 nitrogen and oxygen atoms in total. The number of aromatic nitrogens is 1. The number of nitrogens with zero attached hydrogens (tertiary/aromatic N) is 1. The Labute approximate surface area is 126 Å². The number of nitrogens with two attached hydrogens (primary N) is 2. The van der Waals surface area contributed by atoms with E-state index in [1.165, 1.54) is 0 Å². The third-order valence-electron chi connectivity index (χ3n) is 2.61. The maximum atomic E-state index is 11.4. The van der Waals surface area contributed by atoms with Gasteiger partial charge in [-0.15, -0.1) is 11.8 Å². The molecule has 0 saturated heterocycles. The van der Waals surface area contributed by atoms with Gasteiger partial charge in [0, 0.05) is 22.4 Å². The fourth-order valence-electron chi connectivity index (χ4n) is 1.61. The summed E-state index contributed by atoms with van der Waals surface area (Å²) in [5, 5.41) is 0. The van der Waals surface area contributed by atoms with E-state index in [1.54, 1.807) is 48.3 Å². The number of nitrogens with one attached hydrogen (secondary N) is 1. The van der Waals surface area contributed by atoms with E-state index in [-0.39, 0.29) is 5.91 Å². The van der Waals surface area contributed by atoms with Crippen molar-refractivity contribution in [1.82, 2.24) is 10.4 Å². The molecule has 2 aromatic rings. The minimum Gasteiger partial charge on any atom is -0.493 e. The van der Waals surface area contributed by atoms with Gasteiger partial charge in [-0.3, -0.25) is 10.2 Å². The fraction of sp³-hybridized carbons (Fsp3) is 0.143. The van der Waals surface area contributed by atoms with E-state index < -0.39 is 0 Å². The third-order valence-corrected chi connectivity index (χ3v) is 3.55. The van der Waals surface area contributed by atoms with E-state index in [0.29, 0.717) is 23.7 Å². The quantitative estimate of drug-likeness (QED) is 0.245. The molecule has 0 radical (unpaired) electrons. The lowest BCUT2D eigenvalue weighted by Gasteiger charge is -2.07. The second-order valence-electron chi connectivity index (χ2n) is 4.12. The van der Waals surface area contributed by atoms with Crippen LogP contribution in [0.5, 0.6) is 5.75 Å². The van der Waals surface area contributed by atoms with Crippen LogP contribution in [0.4, 0.5) is 5.82 Å². The highest BCUT2D eigenvalue weighted by molar-refractivity contribution is 7.99. The van der Waals surface area contributed by atoms with Crippen molar-refractivity contribution in [2.75, 3.05) is 18.1 Å². The van der Waals surface area contributed by atoms with Crippen molar-refractivity contribution in [2.24, 2.45) is 5.84 Å². The maximum Gasteiger partial charge on any atom is 0.265 e. The van der Waals surface area contributed by atoms with Crippen LogP contribution >= 0.6 is 11.8 Å². The number of ether oxygens (including phenoxy) is 1. The first-order valence-corrected chi connectivity index (χ1v) is 7.26. The summed E-state index contributed by atoms with van der Waals surface area (Å²) >= 11 is 1.62. The Morgan fingerprint density at radius 1 is 1.33 bits per heavy atom. The molecule has 1 amide bonds. The van der Waals surface area contributed by atoms with Crippen LogP contribution in [0, 0.1) is 0 Å². The summed E-state index contributed by atoms with van der Waals surface area (Å²) in [6.07, 6.45) is 1.73. The molecule has 2 rings (SSSR count). The summed E-state index contributed by atoms with van der Waals surface area (Å²) in [6, 6.07) is 10.5. The van der Waals surface area contributed by atoms with Gasteiger partial charge in [0.15, 0.2) is 0 Å². The third kappa shape index (κ3) is 4.66. The number of anilines is 1. The van der Waals surface area contributed by atoms with Crippen LogP contribution in [0.25, 0.3) is 0 Å². The summed E-state index contributed by atoms with van der Waals surface area (Å²) in [5.74, 6) is 6.65. The van der Waals surface area contributed by atoms with E-state index >= 15 is 0 Å². The Hall–Kier alpha value is -2.25. The van der Waals surface area contributed by atoms with Gasteiger partial charge in [-0.2, -0.15) is 0 Å². The predicted molar refractivity (Wildman–Crippen MR) is 83.0 cm³/mol. The first-order chi connectivity index (χ1) is 10.2. The van der Waals surface area contributed by atoms with Crippen molar-refractivity contribution in [3.05, 3.63) is 48.2 Å². The Morgan fingerprint density at radius 2 is 2.19 bits per heavy atom. The Balaban J connectivity index is 1.80. The van der Waals surface area contributed by atoms with Gasteiger partial charge in [-0.25, -0.2) is 10.8 Å². The lowest BCUT2D eigenvalue weighted by atomic mass is 10.2. The number of pyridine rings is 1. The Kier molecular flexibility index (Phi) is 5.42. The van der Waals surface area contributed by atoms with Gasteiger partial charge in [0.25, 0.3) is 5.91 Å². The fourth-order valence-corrected chi connectivity index (χ4v) is 2.30. The summed E-state index contributed by atoms with van der Waals surface area (Å²) in [6.45, 7) is 0.517. The molecule has 0 fully saturated rings. The van der Waals surface area contributed by atoms with Gasteiger partial charge in [-0.1, -0.05) is 6.07 Å². The summed E-state index contributed by atoms with van der Waals surface area (Å²) in [4.78, 5) is 16.4. The van der Waals surface area contributed by atoms with Crippen molar-refractivity contribution in [3.63, 3.8) is 0 Å². The molecule has 0 unspecified atom stereocenters. The highest BCUT2D eigenvalue weighted by Gasteiger charge is 2.04. The molecule has 1 aromatic heterocycles. The van der Waals surface area contributed by atoms with Crippen molar-refractivity contribution in [2.45, 2.75) is 4.90 Å². The molecule has 0 bridgehead atoms. The molecule has 0 atom stereocenters. The minimum atomic E-state index is -0.345. The molecule has 0 saturated carbocycles. The number of carbonyl (C=O) groups is 1. The molecule has 1 aromatic carbocycles. The second-order valence-corrected chi connectivity index (χ2v) is 5.29. The van der Waals surface area contributed by atoms with Crippen LogP contribution in [0.2, 0.25) is 0 Å². The number of hydrogen-bond donors (Lipinski definition) is 3. The number of thioether (sulfide) groups is 1. The Bertz CT molecular complexity index is 604. The molecular weight excluding hydrogens is 288 g/mol. The van der Waals surface area contributed by atoms with E-state index in [0.717, 1.165) is 10.6 Å². The molecule has 21 heavy (non-hydrogen) atoms. The monoisotopic (exact) mass is 304 g/mol. The molecule has 0 spiro atoms. The zero-order chi connectivity index (χ0) is 15.1. The van der Waals surface area contributed by atoms with Crippen LogP contribution in [-0.4, -0.2) is 23.3 Å². The lowest BCUT2D eigenvalue weighted by molar-refractivity contribution is 0.0953. The van der Waals surface area contributed by atoms with Gasteiger partial charge < -0.3 is 10.5 Å². The first kappa shape index (κ1) is 15.1. The number of carbonyl (C=O) groups excluding carboxylic acids is 1. The molecule has 5 N–H and O–H groups in total. The number of rotatable bonds is 6. The van der Waals surface area contributed by atoms with Gasteiger partial charge in [0.1, 0.15) is 11.6 Å². The van der Waals surface area contributed by atoms with Gasteiger partial charge in [0.05, 0.1) is 6.61 Å². The minimum absolute atomic E-state index is 0.345. The van der Waals surface area contributed by atoms with Crippen LogP contribution in [0.1, 0.15) is 10.4 Å². The molecule has 110 valence electrons. The zero-order valence-corrected chi connectivity index (χ0v) is 12.1. The van der Waals surface area contributed by atoms with Gasteiger partial charge >= 0.3 is 0 Å². The largest absolute Gasteiger partial charge is 0.493 e. The molecule has 1 heterocycles. The molecule has 0 aliphatic heterocycles. The number of hydrazine groups is 1. The van der Waals surface area contributed by atoms with Crippen molar-refractivity contribution >= 4 is 23.5 Å². The summed E-state index contributed by atoms with van der Waals surface area (Å²) < 4.78 is 5.60. The summed E-state index contributed by atoms with van der Waals surface area (Å²) in [7, 11) is 0. The standard InChI is InChI=1S/C14H16N4O2S/c15-13-5-4-12(9-17-13)21-7-6-20-11-3-1-2-10(8-11)14(19)18-16/h1-5,8-9H,6-7,16H2,(H2,15,17)(H,18,19). The first-order valence-electron chi connectivity index (χ1n) is 6.27. The van der Waals surface area contributed by atoms with Crippen molar-refractivity contribution < 1.29 is 9.53 Å². The molecule has 7 heteroatoms. The van der Waals surface area contributed by atoms with Gasteiger partial charge in [0.2, 0.25) is 0 Å². The number of amides is 1. The Morgan fingerprint density at radius 3 is 2.90 bits per heavy atom. The van der Waals surface area contributed by atoms with Crippen LogP contribution in [0.3, 0.4) is 0 Å². The number of nitrogen functional groups attached to an aromatic ring is 2. The van der Waals surface area contributed by atoms with E-state index in [1.807, 2.05) is 6.07 Å². The topological polar surface area (TPSA) is 103 Å². The van der Waals surface area contributed by atoms with Crippen molar-refractivity contribution in [3.8, 4) is 5.75 Å². The van der Waals surface area contributed by atoms with Gasteiger partial charge in [-0.05, 0) is 30.3 Å². The van der Waals surface area contributed by atoms with Crippen molar-refractivity contribution in [1.29, 1.82) is 0 Å². The molecular formula is C14H16N4O2S. The molecule has 0 aliphatic rings. The highest BCUT2D eigenvalue weighted by Crippen LogP contribution is 2.18. The SMILES string of the molecule is NNC(=O)c1cccc(OCCSc2ccc(N)nc2)c1. The lowest BCUT2D eigenvalue weighted by Crippen LogP contribution is -2.29. The predicted octanol–water partition coefficient (Wildman–Crippen LogP) is 1.44. The smallest absolute Gasteiger partial charge is 0.265 e. The average Bonchev–Trinajstić information content (AvgIpc) is 2.53. The molecule has 0 aliphatic carbocycles. The van der Waals surface area contributed by atoms with Crippen LogP contribution in [-0.2, 0) is 0 Å². The van der Waals surface area contributed by atoms with Crippen LogP contribution in [0.15, 0.2) is 47.5 Å². The zero-order valence-electron chi connectivity index (χ0n) is 11.3. The summed E-state index contributed by atoms with van der Waals surface area (Å²) in [5.41, 5.74) is 8.07. The van der Waals surface area contributed by atoms with E-state index in [4.69, 9.17) is 16.3 Å². The number of hydrogen-bond acceptors (Lipinski definition) is 6. The normalized spacial score (nSPS) is 10.1. The maximum absolute atomic E-state index is 11.4. The highest BCUT2D eigenvalue weighted by atomic mass is 32.2. The second kappa shape index (κ2) is 7.51. The van der Waals surface area contributed by atoms with E-state index in [9.17, 15) is 4.79 Å². The number of benzene rings is 1.